The van der Waals surface area contributed by atoms with Crippen LogP contribution in [0.4, 0.5) is 0 Å². The highest BCUT2D eigenvalue weighted by molar-refractivity contribution is 6.59. The van der Waals surface area contributed by atoms with E-state index in [2.05, 4.69) is 25.7 Å². The predicted octanol–water partition coefficient (Wildman–Crippen LogP) is 0.844. The van der Waals surface area contributed by atoms with Crippen molar-refractivity contribution in [2.75, 3.05) is 13.6 Å². The van der Waals surface area contributed by atoms with Gasteiger partial charge in [0.25, 0.3) is 0 Å². The molecule has 0 spiro atoms. The van der Waals surface area contributed by atoms with Crippen LogP contribution in [0.1, 0.15) is 26.3 Å². The molecule has 0 aliphatic carbocycles. The molecule has 2 N–H and O–H groups in total. The van der Waals surface area contributed by atoms with E-state index in [1.54, 1.807) is 6.07 Å². The summed E-state index contributed by atoms with van der Waals surface area (Å²) in [6.45, 7) is 8.26. The van der Waals surface area contributed by atoms with Crippen molar-refractivity contribution >= 4 is 12.6 Å². The maximum absolute atomic E-state index is 9.29. The Hall–Kier alpha value is -0.835. The van der Waals surface area contributed by atoms with E-state index in [-0.39, 0.29) is 5.41 Å². The monoisotopic (exact) mass is 235 g/mol. The van der Waals surface area contributed by atoms with Gasteiger partial charge in [-0.25, -0.2) is 0 Å². The number of hydrogen-bond acceptors (Lipinski definition) is 3. The van der Waals surface area contributed by atoms with Gasteiger partial charge in [-0.1, -0.05) is 45.0 Å². The molecule has 3 nitrogen and oxygen atoms in total. The zero-order valence-electron chi connectivity index (χ0n) is 11.1. The molecule has 0 aromatic heterocycles. The Morgan fingerprint density at radius 2 is 1.76 bits per heavy atom. The summed E-state index contributed by atoms with van der Waals surface area (Å²) in [7, 11) is 0.653. The SMILES string of the molecule is CN(Cc1ccccc1B(O)O)CC(C)(C)C. The number of hydrogen-bond donors (Lipinski definition) is 2. The van der Waals surface area contributed by atoms with Gasteiger partial charge in [-0.05, 0) is 23.5 Å². The van der Waals surface area contributed by atoms with Crippen molar-refractivity contribution in [2.24, 2.45) is 5.41 Å². The van der Waals surface area contributed by atoms with Crippen molar-refractivity contribution in [3.8, 4) is 0 Å². The number of nitrogens with zero attached hydrogens (tertiary/aromatic N) is 1. The van der Waals surface area contributed by atoms with Crippen LogP contribution in [0.25, 0.3) is 0 Å². The predicted molar refractivity (Wildman–Crippen MR) is 72.1 cm³/mol. The van der Waals surface area contributed by atoms with Gasteiger partial charge >= 0.3 is 7.12 Å². The van der Waals surface area contributed by atoms with E-state index in [9.17, 15) is 10.0 Å². The van der Waals surface area contributed by atoms with E-state index in [1.807, 2.05) is 25.2 Å². The van der Waals surface area contributed by atoms with Gasteiger partial charge < -0.3 is 14.9 Å². The van der Waals surface area contributed by atoms with E-state index in [0.29, 0.717) is 5.46 Å². The summed E-state index contributed by atoms with van der Waals surface area (Å²) in [5.41, 5.74) is 1.80. The molecular formula is C13H22BNO2. The summed E-state index contributed by atoms with van der Waals surface area (Å²) in [4.78, 5) is 2.20. The first-order chi connectivity index (χ1) is 7.79. The lowest BCUT2D eigenvalue weighted by Gasteiger charge is -2.27. The Balaban J connectivity index is 2.74. The van der Waals surface area contributed by atoms with Crippen molar-refractivity contribution in [3.63, 3.8) is 0 Å². The van der Waals surface area contributed by atoms with Gasteiger partial charge in [0.05, 0.1) is 0 Å². The topological polar surface area (TPSA) is 43.7 Å². The maximum atomic E-state index is 9.29. The number of benzene rings is 1. The van der Waals surface area contributed by atoms with E-state index < -0.39 is 7.12 Å². The molecule has 0 bridgehead atoms. The van der Waals surface area contributed by atoms with Crippen molar-refractivity contribution < 1.29 is 10.0 Å². The van der Waals surface area contributed by atoms with Crippen LogP contribution in [-0.4, -0.2) is 35.7 Å². The first-order valence-electron chi connectivity index (χ1n) is 5.92. The zero-order valence-corrected chi connectivity index (χ0v) is 11.1. The van der Waals surface area contributed by atoms with Gasteiger partial charge in [-0.15, -0.1) is 0 Å². The maximum Gasteiger partial charge on any atom is 0.488 e. The average molecular weight is 235 g/mol. The zero-order chi connectivity index (χ0) is 13.1. The Labute approximate surface area is 104 Å². The first-order valence-corrected chi connectivity index (χ1v) is 5.92. The fourth-order valence-electron chi connectivity index (χ4n) is 2.09. The molecule has 0 atom stereocenters. The highest BCUT2D eigenvalue weighted by atomic mass is 16.4. The van der Waals surface area contributed by atoms with Crippen LogP contribution >= 0.6 is 0 Å². The molecule has 0 unspecified atom stereocenters. The van der Waals surface area contributed by atoms with Gasteiger partial charge in [0.1, 0.15) is 0 Å². The third-order valence-corrected chi connectivity index (χ3v) is 2.52. The van der Waals surface area contributed by atoms with Crippen LogP contribution < -0.4 is 5.46 Å². The number of rotatable bonds is 4. The molecule has 1 aromatic rings. The third kappa shape index (κ3) is 4.90. The van der Waals surface area contributed by atoms with Crippen LogP contribution in [0, 0.1) is 5.41 Å². The quantitative estimate of drug-likeness (QED) is 0.760. The molecule has 94 valence electrons. The molecule has 0 radical (unpaired) electrons. The molecule has 0 saturated carbocycles. The minimum absolute atomic E-state index is 0.238. The largest absolute Gasteiger partial charge is 0.488 e. The minimum Gasteiger partial charge on any atom is -0.423 e. The van der Waals surface area contributed by atoms with E-state index in [1.165, 1.54) is 0 Å². The molecule has 0 heterocycles. The summed E-state index contributed by atoms with van der Waals surface area (Å²) in [5.74, 6) is 0. The fourth-order valence-corrected chi connectivity index (χ4v) is 2.09. The normalized spacial score (nSPS) is 11.9. The van der Waals surface area contributed by atoms with Gasteiger partial charge in [0.15, 0.2) is 0 Å². The summed E-state index contributed by atoms with van der Waals surface area (Å²) in [6, 6.07) is 7.44. The van der Waals surface area contributed by atoms with Crippen LogP contribution in [-0.2, 0) is 6.54 Å². The van der Waals surface area contributed by atoms with Crippen molar-refractivity contribution in [3.05, 3.63) is 29.8 Å². The van der Waals surface area contributed by atoms with Crippen LogP contribution in [0.15, 0.2) is 24.3 Å². The van der Waals surface area contributed by atoms with Crippen LogP contribution in [0.2, 0.25) is 0 Å². The molecule has 0 aliphatic rings. The first kappa shape index (κ1) is 14.2. The van der Waals surface area contributed by atoms with Crippen molar-refractivity contribution in [2.45, 2.75) is 27.3 Å². The second-order valence-electron chi connectivity index (χ2n) is 5.81. The van der Waals surface area contributed by atoms with Crippen molar-refractivity contribution in [1.29, 1.82) is 0 Å². The second kappa shape index (κ2) is 5.67. The Kier molecular flexibility index (Phi) is 4.75. The Morgan fingerprint density at radius 3 is 2.29 bits per heavy atom. The van der Waals surface area contributed by atoms with Gasteiger partial charge in [0, 0.05) is 13.1 Å². The van der Waals surface area contributed by atoms with Crippen molar-refractivity contribution in [1.82, 2.24) is 4.90 Å². The summed E-state index contributed by atoms with van der Waals surface area (Å²) >= 11 is 0. The molecule has 0 saturated heterocycles. The van der Waals surface area contributed by atoms with E-state index in [0.717, 1.165) is 18.7 Å². The van der Waals surface area contributed by atoms with Gasteiger partial charge in [-0.2, -0.15) is 0 Å². The lowest BCUT2D eigenvalue weighted by molar-refractivity contribution is 0.221. The van der Waals surface area contributed by atoms with Gasteiger partial charge in [0.2, 0.25) is 0 Å². The summed E-state index contributed by atoms with van der Waals surface area (Å²) in [5, 5.41) is 18.6. The highest BCUT2D eigenvalue weighted by Gasteiger charge is 2.18. The third-order valence-electron chi connectivity index (χ3n) is 2.52. The standard InChI is InChI=1S/C13H22BNO2/c1-13(2,3)10-15(4)9-11-7-5-6-8-12(11)14(16)17/h5-8,16-17H,9-10H2,1-4H3. The molecule has 0 aliphatic heterocycles. The molecule has 17 heavy (non-hydrogen) atoms. The molecule has 0 amide bonds. The minimum atomic E-state index is -1.39. The van der Waals surface area contributed by atoms with E-state index >= 15 is 0 Å². The molecule has 0 fully saturated rings. The molecule has 4 heteroatoms. The highest BCUT2D eigenvalue weighted by Crippen LogP contribution is 2.15. The Bertz CT molecular complexity index is 361. The van der Waals surface area contributed by atoms with Gasteiger partial charge in [-0.3, -0.25) is 0 Å². The molecule has 1 rings (SSSR count). The Morgan fingerprint density at radius 1 is 1.18 bits per heavy atom. The smallest absolute Gasteiger partial charge is 0.423 e. The summed E-state index contributed by atoms with van der Waals surface area (Å²) in [6.07, 6.45) is 0. The molecule has 1 aromatic carbocycles. The fraction of sp³-hybridized carbons (Fsp3) is 0.538. The van der Waals surface area contributed by atoms with Crippen LogP contribution in [0.5, 0.6) is 0 Å². The lowest BCUT2D eigenvalue weighted by Crippen LogP contribution is -2.36. The average Bonchev–Trinajstić information content (AvgIpc) is 2.14. The van der Waals surface area contributed by atoms with Crippen LogP contribution in [0.3, 0.4) is 0 Å². The lowest BCUT2D eigenvalue weighted by atomic mass is 9.77. The van der Waals surface area contributed by atoms with E-state index in [4.69, 9.17) is 0 Å². The summed E-state index contributed by atoms with van der Waals surface area (Å²) < 4.78 is 0. The molecular weight excluding hydrogens is 213 g/mol. The second-order valence-corrected chi connectivity index (χ2v) is 5.81.